The molecular weight excluding hydrogens is 216 g/mol. The normalized spacial score (nSPS) is 14.0. The summed E-state index contributed by atoms with van der Waals surface area (Å²) < 4.78 is 9.27. The maximum absolute atomic E-state index is 11.1. The Morgan fingerprint density at radius 3 is 2.31 bits per heavy atom. The van der Waals surface area contributed by atoms with Gasteiger partial charge in [0.25, 0.3) is 0 Å². The topological polar surface area (TPSA) is 93.1 Å². The molecule has 16 heavy (non-hydrogen) atoms. The lowest BCUT2D eigenvalue weighted by molar-refractivity contribution is -0.174. The van der Waals surface area contributed by atoms with Crippen LogP contribution in [0.4, 0.5) is 0 Å². The Labute approximate surface area is 94.2 Å². The number of esters is 2. The second-order valence-corrected chi connectivity index (χ2v) is 3.34. The molecule has 0 bridgehead atoms. The molecule has 0 aromatic heterocycles. The van der Waals surface area contributed by atoms with Gasteiger partial charge < -0.3 is 19.7 Å². The molecule has 0 aromatic carbocycles. The van der Waals surface area contributed by atoms with Gasteiger partial charge in [0, 0.05) is 13.0 Å². The molecule has 2 unspecified atom stereocenters. The van der Waals surface area contributed by atoms with Crippen LogP contribution in [-0.4, -0.2) is 41.2 Å². The van der Waals surface area contributed by atoms with E-state index in [1.165, 1.54) is 0 Å². The van der Waals surface area contributed by atoms with Crippen molar-refractivity contribution in [2.75, 3.05) is 6.61 Å². The van der Waals surface area contributed by atoms with Gasteiger partial charge in [0.1, 0.15) is 6.42 Å². The molecule has 0 heterocycles. The summed E-state index contributed by atoms with van der Waals surface area (Å²) in [6, 6.07) is 0. The third-order valence-electron chi connectivity index (χ3n) is 1.84. The fourth-order valence-corrected chi connectivity index (χ4v) is 0.830. The first-order chi connectivity index (χ1) is 7.49. The highest BCUT2D eigenvalue weighted by Crippen LogP contribution is 2.01. The van der Waals surface area contributed by atoms with E-state index in [4.69, 9.17) is 14.9 Å². The summed E-state index contributed by atoms with van der Waals surface area (Å²) in [5.41, 5.74) is 0. The molecule has 0 saturated carbocycles. The lowest BCUT2D eigenvalue weighted by Gasteiger charge is -2.12. The summed E-state index contributed by atoms with van der Waals surface area (Å²) in [6.07, 6.45) is -1.58. The summed E-state index contributed by atoms with van der Waals surface area (Å²) in [4.78, 5) is 22.2. The van der Waals surface area contributed by atoms with Crippen molar-refractivity contribution in [2.24, 2.45) is 0 Å². The van der Waals surface area contributed by atoms with Gasteiger partial charge in [-0.25, -0.2) is 0 Å². The summed E-state index contributed by atoms with van der Waals surface area (Å²) in [5.74, 6) is -1.55. The van der Waals surface area contributed by atoms with E-state index in [0.717, 1.165) is 0 Å². The van der Waals surface area contributed by atoms with Crippen LogP contribution in [0.3, 0.4) is 0 Å². The molecule has 0 aliphatic carbocycles. The van der Waals surface area contributed by atoms with E-state index in [9.17, 15) is 9.59 Å². The molecule has 94 valence electrons. The van der Waals surface area contributed by atoms with Gasteiger partial charge in [-0.15, -0.1) is 0 Å². The smallest absolute Gasteiger partial charge is 0.319 e. The molecule has 0 fully saturated rings. The van der Waals surface area contributed by atoms with Crippen LogP contribution in [0.2, 0.25) is 0 Å². The molecule has 0 radical (unpaired) electrons. The lowest BCUT2D eigenvalue weighted by atomic mass is 10.3. The number of carbonyl (C=O) groups excluding carboxylic acids is 2. The Kier molecular flexibility index (Phi) is 7.49. The Bertz CT molecular complexity index is 227. The minimum atomic E-state index is -1.38. The van der Waals surface area contributed by atoms with E-state index < -0.39 is 24.6 Å². The lowest BCUT2D eigenvalue weighted by Crippen LogP contribution is -2.23. The van der Waals surface area contributed by atoms with Gasteiger partial charge in [-0.05, 0) is 13.3 Å². The van der Waals surface area contributed by atoms with Crippen molar-refractivity contribution in [3.05, 3.63) is 0 Å². The molecule has 0 aliphatic heterocycles. The number of carbonyl (C=O) groups is 2. The monoisotopic (exact) mass is 234 g/mol. The van der Waals surface area contributed by atoms with Crippen LogP contribution < -0.4 is 0 Å². The number of ether oxygens (including phenoxy) is 2. The van der Waals surface area contributed by atoms with Gasteiger partial charge in [0.05, 0.1) is 6.10 Å². The van der Waals surface area contributed by atoms with E-state index >= 15 is 0 Å². The number of aliphatic hydroxyl groups is 2. The molecule has 0 rings (SSSR count). The largest absolute Gasteiger partial charge is 0.462 e. The second kappa shape index (κ2) is 8.06. The van der Waals surface area contributed by atoms with Crippen molar-refractivity contribution in [2.45, 2.75) is 45.5 Å². The van der Waals surface area contributed by atoms with Crippen LogP contribution in [0.5, 0.6) is 0 Å². The zero-order valence-corrected chi connectivity index (χ0v) is 9.51. The van der Waals surface area contributed by atoms with Gasteiger partial charge in [0.15, 0.2) is 0 Å². The number of rotatable bonds is 7. The molecule has 6 nitrogen and oxygen atoms in total. The number of hydrogen-bond acceptors (Lipinski definition) is 6. The first-order valence-electron chi connectivity index (χ1n) is 5.17. The molecule has 6 heteroatoms. The SMILES string of the molecule is CCC(C)OC(=O)CC(=O)OC(O)CCO. The van der Waals surface area contributed by atoms with Crippen LogP contribution in [0.25, 0.3) is 0 Å². The van der Waals surface area contributed by atoms with E-state index in [0.29, 0.717) is 6.42 Å². The van der Waals surface area contributed by atoms with E-state index in [1.807, 2.05) is 6.92 Å². The van der Waals surface area contributed by atoms with Crippen molar-refractivity contribution >= 4 is 11.9 Å². The molecule has 0 amide bonds. The van der Waals surface area contributed by atoms with Crippen molar-refractivity contribution in [1.82, 2.24) is 0 Å². The Morgan fingerprint density at radius 2 is 1.81 bits per heavy atom. The average Bonchev–Trinajstić information content (AvgIpc) is 2.16. The number of aliphatic hydroxyl groups excluding tert-OH is 2. The van der Waals surface area contributed by atoms with Gasteiger partial charge >= 0.3 is 11.9 Å². The molecule has 0 aliphatic rings. The fraction of sp³-hybridized carbons (Fsp3) is 0.800. The predicted molar refractivity (Wildman–Crippen MR) is 54.3 cm³/mol. The highest BCUT2D eigenvalue weighted by molar-refractivity contribution is 5.91. The summed E-state index contributed by atoms with van der Waals surface area (Å²) in [7, 11) is 0. The zero-order chi connectivity index (χ0) is 12.6. The second-order valence-electron chi connectivity index (χ2n) is 3.34. The van der Waals surface area contributed by atoms with Gasteiger partial charge in [-0.1, -0.05) is 6.92 Å². The summed E-state index contributed by atoms with van der Waals surface area (Å²) in [6.45, 7) is 3.26. The third-order valence-corrected chi connectivity index (χ3v) is 1.84. The first-order valence-corrected chi connectivity index (χ1v) is 5.17. The molecule has 0 saturated heterocycles. The Balaban J connectivity index is 3.82. The van der Waals surface area contributed by atoms with Gasteiger partial charge in [-0.2, -0.15) is 0 Å². The summed E-state index contributed by atoms with van der Waals surface area (Å²) in [5, 5.41) is 17.4. The minimum Gasteiger partial charge on any atom is -0.462 e. The first kappa shape index (κ1) is 14.9. The Morgan fingerprint density at radius 1 is 1.25 bits per heavy atom. The quantitative estimate of drug-likeness (QED) is 0.365. The van der Waals surface area contributed by atoms with Gasteiger partial charge in [-0.3, -0.25) is 9.59 Å². The predicted octanol–water partition coefficient (Wildman–Crippen LogP) is -0.0378. The molecule has 0 spiro atoms. The van der Waals surface area contributed by atoms with Crippen molar-refractivity contribution in [3.8, 4) is 0 Å². The zero-order valence-electron chi connectivity index (χ0n) is 9.51. The van der Waals surface area contributed by atoms with Crippen LogP contribution in [-0.2, 0) is 19.1 Å². The van der Waals surface area contributed by atoms with E-state index in [-0.39, 0.29) is 19.1 Å². The summed E-state index contributed by atoms with van der Waals surface area (Å²) >= 11 is 0. The van der Waals surface area contributed by atoms with Crippen molar-refractivity contribution < 1.29 is 29.3 Å². The van der Waals surface area contributed by atoms with E-state index in [1.54, 1.807) is 6.92 Å². The molecule has 0 aromatic rings. The minimum absolute atomic E-state index is 0.0772. The van der Waals surface area contributed by atoms with Gasteiger partial charge in [0.2, 0.25) is 6.29 Å². The third kappa shape index (κ3) is 7.19. The van der Waals surface area contributed by atoms with Crippen molar-refractivity contribution in [3.63, 3.8) is 0 Å². The van der Waals surface area contributed by atoms with Crippen LogP contribution in [0, 0.1) is 0 Å². The Hall–Kier alpha value is -1.14. The maximum atomic E-state index is 11.1. The van der Waals surface area contributed by atoms with E-state index in [2.05, 4.69) is 4.74 Å². The highest BCUT2D eigenvalue weighted by atomic mass is 16.6. The van der Waals surface area contributed by atoms with Crippen LogP contribution in [0.15, 0.2) is 0 Å². The average molecular weight is 234 g/mol. The standard InChI is InChI=1S/C10H18O6/c1-3-7(2)15-9(13)6-10(14)16-8(12)4-5-11/h7-8,11-12H,3-6H2,1-2H3. The fourth-order valence-electron chi connectivity index (χ4n) is 0.830. The maximum Gasteiger partial charge on any atom is 0.319 e. The number of hydrogen-bond donors (Lipinski definition) is 2. The van der Waals surface area contributed by atoms with Crippen molar-refractivity contribution in [1.29, 1.82) is 0 Å². The van der Waals surface area contributed by atoms with Crippen LogP contribution in [0.1, 0.15) is 33.1 Å². The highest BCUT2D eigenvalue weighted by Gasteiger charge is 2.17. The molecular formula is C10H18O6. The van der Waals surface area contributed by atoms with Crippen LogP contribution >= 0.6 is 0 Å². The molecule has 2 N–H and O–H groups in total. The molecule has 2 atom stereocenters.